The van der Waals surface area contributed by atoms with E-state index in [9.17, 15) is 0 Å². The molecule has 156 valence electrons. The van der Waals surface area contributed by atoms with Crippen molar-refractivity contribution in [1.82, 2.24) is 15.0 Å². The number of hydrogen-bond donors (Lipinski definition) is 0. The van der Waals surface area contributed by atoms with Crippen LogP contribution >= 0.6 is 11.3 Å². The van der Waals surface area contributed by atoms with Crippen LogP contribution in [0.2, 0.25) is 0 Å². The van der Waals surface area contributed by atoms with E-state index in [0.717, 1.165) is 35.7 Å². The van der Waals surface area contributed by atoms with Gasteiger partial charge >= 0.3 is 0 Å². The van der Waals surface area contributed by atoms with Crippen molar-refractivity contribution in [3.05, 3.63) is 23.1 Å². The summed E-state index contributed by atoms with van der Waals surface area (Å²) in [5.41, 5.74) is 4.70. The van der Waals surface area contributed by atoms with Crippen LogP contribution in [-0.4, -0.2) is 33.6 Å². The number of thiophene rings is 1. The van der Waals surface area contributed by atoms with Gasteiger partial charge in [-0.25, -0.2) is 15.0 Å². The molecule has 0 bridgehead atoms. The zero-order valence-corrected chi connectivity index (χ0v) is 19.3. The second kappa shape index (κ2) is 7.80. The van der Waals surface area contributed by atoms with Crippen molar-refractivity contribution in [2.75, 3.05) is 18.0 Å². The molecule has 0 atom stereocenters. The molecule has 1 aliphatic heterocycles. The van der Waals surface area contributed by atoms with E-state index in [2.05, 4.69) is 46.4 Å². The van der Waals surface area contributed by atoms with Gasteiger partial charge in [0.25, 0.3) is 0 Å². The van der Waals surface area contributed by atoms with Crippen LogP contribution in [0.25, 0.3) is 20.4 Å². The van der Waals surface area contributed by atoms with Gasteiger partial charge in [-0.2, -0.15) is 0 Å². The summed E-state index contributed by atoms with van der Waals surface area (Å²) in [7, 11) is 0. The fourth-order valence-corrected chi connectivity index (χ4v) is 5.47. The highest BCUT2D eigenvalue weighted by molar-refractivity contribution is 7.26. The molecule has 0 unspecified atom stereocenters. The van der Waals surface area contributed by atoms with Crippen LogP contribution in [0.4, 0.5) is 5.82 Å². The summed E-state index contributed by atoms with van der Waals surface area (Å²) in [6.45, 7) is 15.8. The van der Waals surface area contributed by atoms with E-state index < -0.39 is 0 Å². The first-order valence-corrected chi connectivity index (χ1v) is 11.7. The average Bonchev–Trinajstić information content (AvgIpc) is 3.06. The maximum Gasteiger partial charge on any atom is 0.150 e. The molecule has 0 radical (unpaired) electrons. The van der Waals surface area contributed by atoms with Gasteiger partial charge in [0.1, 0.15) is 17.0 Å². The standard InChI is InChI=1S/C23H32N4OS/c1-7-9-10-27(8-2)21-20-19(24-13-25-21)17-15-11-23(5,6)28-12-16(15)18(14(3)4)26-22(17)29-20/h13-14H,7-12H2,1-6H3. The minimum absolute atomic E-state index is 0.170. The largest absolute Gasteiger partial charge is 0.370 e. The first-order valence-electron chi connectivity index (χ1n) is 10.8. The van der Waals surface area contributed by atoms with Crippen LogP contribution in [0, 0.1) is 0 Å². The number of ether oxygens (including phenoxy) is 1. The van der Waals surface area contributed by atoms with Crippen LogP contribution in [0.3, 0.4) is 0 Å². The fraction of sp³-hybridized carbons (Fsp3) is 0.609. The van der Waals surface area contributed by atoms with E-state index in [1.807, 2.05) is 0 Å². The Bertz CT molecular complexity index is 1040. The summed E-state index contributed by atoms with van der Waals surface area (Å²) in [6.07, 6.45) is 4.96. The topological polar surface area (TPSA) is 51.1 Å². The number of nitrogens with zero attached hydrogens (tertiary/aromatic N) is 4. The monoisotopic (exact) mass is 412 g/mol. The first kappa shape index (κ1) is 20.5. The average molecular weight is 413 g/mol. The number of hydrogen-bond acceptors (Lipinski definition) is 6. The highest BCUT2D eigenvalue weighted by Gasteiger charge is 2.32. The highest BCUT2D eigenvalue weighted by atomic mass is 32.1. The normalized spacial score (nSPS) is 16.0. The van der Waals surface area contributed by atoms with E-state index >= 15 is 0 Å². The van der Waals surface area contributed by atoms with Crippen LogP contribution < -0.4 is 4.90 Å². The van der Waals surface area contributed by atoms with E-state index in [4.69, 9.17) is 19.7 Å². The Morgan fingerprint density at radius 3 is 2.69 bits per heavy atom. The lowest BCUT2D eigenvalue weighted by Gasteiger charge is -2.33. The summed E-state index contributed by atoms with van der Waals surface area (Å²) in [5, 5.41) is 1.22. The molecule has 5 nitrogen and oxygen atoms in total. The van der Waals surface area contributed by atoms with Crippen LogP contribution in [0.1, 0.15) is 77.1 Å². The van der Waals surface area contributed by atoms with Gasteiger partial charge in [-0.3, -0.25) is 0 Å². The molecule has 4 heterocycles. The van der Waals surface area contributed by atoms with Gasteiger partial charge in [0.05, 0.1) is 28.1 Å². The van der Waals surface area contributed by atoms with Gasteiger partial charge in [0.15, 0.2) is 0 Å². The first-order chi connectivity index (χ1) is 13.9. The molecule has 0 aliphatic carbocycles. The molecule has 4 rings (SSSR count). The van der Waals surface area contributed by atoms with Gasteiger partial charge in [-0.1, -0.05) is 27.2 Å². The fourth-order valence-electron chi connectivity index (χ4n) is 4.28. The van der Waals surface area contributed by atoms with E-state index in [1.165, 1.54) is 39.7 Å². The van der Waals surface area contributed by atoms with Crippen molar-refractivity contribution >= 4 is 37.6 Å². The van der Waals surface area contributed by atoms with Gasteiger partial charge in [0.2, 0.25) is 0 Å². The number of pyridine rings is 1. The minimum Gasteiger partial charge on any atom is -0.370 e. The molecule has 0 saturated carbocycles. The molecular formula is C23H32N4OS. The molecule has 0 saturated heterocycles. The number of aromatic nitrogens is 3. The van der Waals surface area contributed by atoms with Crippen LogP contribution in [0.5, 0.6) is 0 Å². The predicted molar refractivity (Wildman–Crippen MR) is 122 cm³/mol. The Hall–Kier alpha value is -1.79. The summed E-state index contributed by atoms with van der Waals surface area (Å²) in [5.74, 6) is 1.42. The summed E-state index contributed by atoms with van der Waals surface area (Å²) < 4.78 is 7.33. The van der Waals surface area contributed by atoms with Gasteiger partial charge in [-0.15, -0.1) is 11.3 Å². The lowest BCUT2D eigenvalue weighted by molar-refractivity contribution is -0.0402. The Labute approximate surface area is 177 Å². The quantitative estimate of drug-likeness (QED) is 0.509. The molecule has 3 aromatic heterocycles. The van der Waals surface area contributed by atoms with Gasteiger partial charge < -0.3 is 9.64 Å². The molecule has 0 spiro atoms. The maximum absolute atomic E-state index is 6.17. The Morgan fingerprint density at radius 1 is 1.21 bits per heavy atom. The van der Waals surface area contributed by atoms with Crippen LogP contribution in [-0.2, 0) is 17.8 Å². The van der Waals surface area contributed by atoms with E-state index in [1.54, 1.807) is 17.7 Å². The third-order valence-corrected chi connectivity index (χ3v) is 6.92. The summed E-state index contributed by atoms with van der Waals surface area (Å²) in [4.78, 5) is 18.0. The molecule has 0 aromatic carbocycles. The zero-order valence-electron chi connectivity index (χ0n) is 18.5. The molecule has 0 N–H and O–H groups in total. The molecular weight excluding hydrogens is 380 g/mol. The Kier molecular flexibility index (Phi) is 5.51. The number of anilines is 1. The Morgan fingerprint density at radius 2 is 2.00 bits per heavy atom. The van der Waals surface area contributed by atoms with Gasteiger partial charge in [0, 0.05) is 30.5 Å². The van der Waals surface area contributed by atoms with Crippen molar-refractivity contribution in [1.29, 1.82) is 0 Å². The van der Waals surface area contributed by atoms with Crippen molar-refractivity contribution < 1.29 is 4.74 Å². The second-order valence-corrected chi connectivity index (χ2v) is 9.92. The number of rotatable bonds is 6. The van der Waals surface area contributed by atoms with E-state index in [0.29, 0.717) is 12.5 Å². The molecule has 0 fully saturated rings. The van der Waals surface area contributed by atoms with Crippen LogP contribution in [0.15, 0.2) is 6.33 Å². The maximum atomic E-state index is 6.17. The smallest absolute Gasteiger partial charge is 0.150 e. The third kappa shape index (κ3) is 3.61. The SMILES string of the molecule is CCCCN(CC)c1ncnc2c1sc1nc(C(C)C)c3c(c12)CC(C)(C)OC3. The van der Waals surface area contributed by atoms with Crippen molar-refractivity contribution in [3.63, 3.8) is 0 Å². The lowest BCUT2D eigenvalue weighted by Crippen LogP contribution is -2.33. The summed E-state index contributed by atoms with van der Waals surface area (Å²) in [6, 6.07) is 0. The Balaban J connectivity index is 1.99. The van der Waals surface area contributed by atoms with Crippen molar-refractivity contribution in [3.8, 4) is 0 Å². The van der Waals surface area contributed by atoms with E-state index in [-0.39, 0.29) is 5.60 Å². The van der Waals surface area contributed by atoms with Crippen molar-refractivity contribution in [2.45, 2.75) is 78.9 Å². The lowest BCUT2D eigenvalue weighted by atomic mass is 9.87. The zero-order chi connectivity index (χ0) is 20.8. The molecule has 3 aromatic rings. The molecule has 0 amide bonds. The predicted octanol–water partition coefficient (Wildman–Crippen LogP) is 5.84. The highest BCUT2D eigenvalue weighted by Crippen LogP contribution is 2.43. The third-order valence-electron chi connectivity index (χ3n) is 5.85. The molecule has 6 heteroatoms. The number of fused-ring (bicyclic) bond motifs is 5. The summed E-state index contributed by atoms with van der Waals surface area (Å²) >= 11 is 1.75. The molecule has 29 heavy (non-hydrogen) atoms. The second-order valence-electron chi connectivity index (χ2n) is 8.92. The minimum atomic E-state index is -0.170. The molecule has 1 aliphatic rings. The number of unbranched alkanes of at least 4 members (excludes halogenated alkanes) is 1. The van der Waals surface area contributed by atoms with Gasteiger partial charge in [-0.05, 0) is 38.7 Å². The van der Waals surface area contributed by atoms with Crippen molar-refractivity contribution in [2.24, 2.45) is 0 Å².